The van der Waals surface area contributed by atoms with Crippen molar-refractivity contribution >= 4 is 23.5 Å². The number of nitro groups is 1. The Labute approximate surface area is 216 Å². The lowest BCUT2D eigenvalue weighted by Gasteiger charge is -2.30. The number of non-ortho nitro benzene ring substituents is 1. The van der Waals surface area contributed by atoms with Gasteiger partial charge in [-0.1, -0.05) is 26.0 Å². The van der Waals surface area contributed by atoms with E-state index < -0.39 is 16.9 Å². The van der Waals surface area contributed by atoms with E-state index in [2.05, 4.69) is 25.7 Å². The van der Waals surface area contributed by atoms with Crippen molar-refractivity contribution in [3.8, 4) is 5.75 Å². The lowest BCUT2D eigenvalue weighted by Crippen LogP contribution is -2.38. The molecule has 0 aliphatic rings. The van der Waals surface area contributed by atoms with Crippen LogP contribution >= 0.6 is 0 Å². The van der Waals surface area contributed by atoms with Crippen LogP contribution in [0.25, 0.3) is 0 Å². The van der Waals surface area contributed by atoms with E-state index in [0.717, 1.165) is 43.8 Å². The summed E-state index contributed by atoms with van der Waals surface area (Å²) in [6, 6.07) is 13.5. The number of aliphatic carboxylic acids is 2. The van der Waals surface area contributed by atoms with Crippen LogP contribution in [-0.4, -0.2) is 75.6 Å². The number of carboxylic acids is 2. The van der Waals surface area contributed by atoms with Crippen LogP contribution in [-0.2, 0) is 16.1 Å². The topological polar surface area (TPSA) is 151 Å². The summed E-state index contributed by atoms with van der Waals surface area (Å²) in [5.74, 6) is -3.00. The number of ether oxygens (including phenoxy) is 1. The molecule has 11 nitrogen and oxygen atoms in total. The summed E-state index contributed by atoms with van der Waals surface area (Å²) in [5, 5.41) is 25.7. The van der Waals surface area contributed by atoms with Crippen LogP contribution in [0.1, 0.15) is 49.5 Å². The number of hydrogen-bond acceptors (Lipinski definition) is 7. The molecule has 0 aromatic heterocycles. The number of benzene rings is 2. The normalized spacial score (nSPS) is 11.2. The van der Waals surface area contributed by atoms with Crippen molar-refractivity contribution in [2.24, 2.45) is 0 Å². The molecule has 37 heavy (non-hydrogen) atoms. The van der Waals surface area contributed by atoms with Gasteiger partial charge in [-0.2, -0.15) is 0 Å². The van der Waals surface area contributed by atoms with Crippen molar-refractivity contribution in [1.29, 1.82) is 0 Å². The summed E-state index contributed by atoms with van der Waals surface area (Å²) in [6.45, 7) is 9.87. The van der Waals surface area contributed by atoms with E-state index in [4.69, 9.17) is 24.5 Å². The average molecular weight is 518 g/mol. The van der Waals surface area contributed by atoms with E-state index >= 15 is 0 Å². The summed E-state index contributed by atoms with van der Waals surface area (Å²) in [5.41, 5.74) is 1.44. The second-order valence-electron chi connectivity index (χ2n) is 8.21. The molecule has 0 heterocycles. The van der Waals surface area contributed by atoms with Gasteiger partial charge < -0.3 is 24.7 Å². The quantitative estimate of drug-likeness (QED) is 0.242. The first kappa shape index (κ1) is 31.0. The molecule has 2 N–H and O–H groups in total. The number of carbonyl (C=O) groups excluding carboxylic acids is 1. The Hall–Kier alpha value is -3.99. The highest BCUT2D eigenvalue weighted by molar-refractivity contribution is 6.27. The van der Waals surface area contributed by atoms with E-state index in [9.17, 15) is 14.9 Å². The van der Waals surface area contributed by atoms with Crippen LogP contribution in [0, 0.1) is 10.1 Å². The SMILES string of the molecule is CCN(CC)CCCC(C)N(Cc1ccc(OC)cc1)C(=O)c1ccc([N+](=O)[O-])cc1.O=C(O)C(=O)O. The van der Waals surface area contributed by atoms with Crippen molar-refractivity contribution < 1.29 is 34.3 Å². The Bertz CT molecular complexity index is 1010. The third-order valence-electron chi connectivity index (χ3n) is 5.80. The van der Waals surface area contributed by atoms with Gasteiger partial charge in [-0.15, -0.1) is 0 Å². The Morgan fingerprint density at radius 3 is 1.95 bits per heavy atom. The Kier molecular flexibility index (Phi) is 13.3. The van der Waals surface area contributed by atoms with Gasteiger partial charge in [-0.25, -0.2) is 9.59 Å². The molecule has 202 valence electrons. The van der Waals surface area contributed by atoms with E-state index in [1.807, 2.05) is 29.2 Å². The summed E-state index contributed by atoms with van der Waals surface area (Å²) < 4.78 is 5.23. The second kappa shape index (κ2) is 15.9. The van der Waals surface area contributed by atoms with Crippen LogP contribution in [0.3, 0.4) is 0 Å². The zero-order valence-corrected chi connectivity index (χ0v) is 21.6. The third-order valence-corrected chi connectivity index (χ3v) is 5.80. The summed E-state index contributed by atoms with van der Waals surface area (Å²) in [4.78, 5) is 46.2. The van der Waals surface area contributed by atoms with Gasteiger partial charge >= 0.3 is 11.9 Å². The molecular weight excluding hydrogens is 482 g/mol. The molecule has 0 fully saturated rings. The van der Waals surface area contributed by atoms with Crippen LogP contribution in [0.5, 0.6) is 5.75 Å². The Morgan fingerprint density at radius 1 is 0.973 bits per heavy atom. The maximum atomic E-state index is 13.3. The number of hydrogen-bond donors (Lipinski definition) is 2. The van der Waals surface area contributed by atoms with Crippen LogP contribution < -0.4 is 4.74 Å². The maximum absolute atomic E-state index is 13.3. The fourth-order valence-corrected chi connectivity index (χ4v) is 3.55. The lowest BCUT2D eigenvalue weighted by atomic mass is 10.1. The number of carboxylic acid groups (broad SMARTS) is 2. The number of carbonyl (C=O) groups is 3. The molecule has 0 bridgehead atoms. The highest BCUT2D eigenvalue weighted by Crippen LogP contribution is 2.20. The van der Waals surface area contributed by atoms with Crippen LogP contribution in [0.15, 0.2) is 48.5 Å². The molecule has 2 rings (SSSR count). The number of rotatable bonds is 12. The molecule has 2 aromatic carbocycles. The molecule has 2 aromatic rings. The lowest BCUT2D eigenvalue weighted by molar-refractivity contribution is -0.384. The molecular formula is C26H35N3O8. The molecule has 0 saturated carbocycles. The minimum Gasteiger partial charge on any atom is -0.497 e. The molecule has 0 saturated heterocycles. The predicted octanol–water partition coefficient (Wildman–Crippen LogP) is 3.91. The minimum absolute atomic E-state index is 0.0227. The first-order valence-electron chi connectivity index (χ1n) is 11.9. The smallest absolute Gasteiger partial charge is 0.414 e. The number of nitrogens with zero attached hydrogens (tertiary/aromatic N) is 3. The van der Waals surface area contributed by atoms with E-state index in [0.29, 0.717) is 12.1 Å². The third kappa shape index (κ3) is 10.7. The molecule has 0 radical (unpaired) electrons. The molecule has 0 aliphatic carbocycles. The molecule has 1 unspecified atom stereocenters. The van der Waals surface area contributed by atoms with Gasteiger partial charge in [0.25, 0.3) is 11.6 Å². The highest BCUT2D eigenvalue weighted by atomic mass is 16.6. The Morgan fingerprint density at radius 2 is 1.51 bits per heavy atom. The van der Waals surface area contributed by atoms with Crippen molar-refractivity contribution in [3.63, 3.8) is 0 Å². The summed E-state index contributed by atoms with van der Waals surface area (Å²) in [7, 11) is 1.62. The number of methoxy groups -OCH3 is 1. The molecule has 1 atom stereocenters. The summed E-state index contributed by atoms with van der Waals surface area (Å²) >= 11 is 0. The fourth-order valence-electron chi connectivity index (χ4n) is 3.55. The van der Waals surface area contributed by atoms with E-state index in [1.54, 1.807) is 7.11 Å². The largest absolute Gasteiger partial charge is 0.497 e. The Balaban J connectivity index is 0.00000102. The van der Waals surface area contributed by atoms with Gasteiger partial charge in [-0.3, -0.25) is 14.9 Å². The zero-order valence-electron chi connectivity index (χ0n) is 21.6. The molecule has 11 heteroatoms. The number of nitro benzene ring substituents is 1. The van der Waals surface area contributed by atoms with Gasteiger partial charge in [0.2, 0.25) is 0 Å². The van der Waals surface area contributed by atoms with Gasteiger partial charge in [-0.05, 0) is 69.2 Å². The molecule has 0 spiro atoms. The van der Waals surface area contributed by atoms with Gasteiger partial charge in [0.1, 0.15) is 5.75 Å². The second-order valence-corrected chi connectivity index (χ2v) is 8.21. The van der Waals surface area contributed by atoms with Crippen molar-refractivity contribution in [2.75, 3.05) is 26.7 Å². The standard InChI is InChI=1S/C24H33N3O4.C2H2O4/c1-5-25(6-2)17-7-8-19(3)26(18-20-9-15-23(31-4)16-10-20)24(28)21-11-13-22(14-12-21)27(29)30;3-1(4)2(5)6/h9-16,19H,5-8,17-18H2,1-4H3;(H,3,4)(H,5,6). The maximum Gasteiger partial charge on any atom is 0.414 e. The van der Waals surface area contributed by atoms with Gasteiger partial charge in [0.15, 0.2) is 0 Å². The van der Waals surface area contributed by atoms with Crippen molar-refractivity contribution in [1.82, 2.24) is 9.80 Å². The van der Waals surface area contributed by atoms with Gasteiger partial charge in [0.05, 0.1) is 12.0 Å². The van der Waals surface area contributed by atoms with Crippen molar-refractivity contribution in [2.45, 2.75) is 46.2 Å². The van der Waals surface area contributed by atoms with Crippen molar-refractivity contribution in [3.05, 3.63) is 69.8 Å². The monoisotopic (exact) mass is 517 g/mol. The first-order valence-corrected chi connectivity index (χ1v) is 11.9. The van der Waals surface area contributed by atoms with Gasteiger partial charge in [0, 0.05) is 30.3 Å². The fraction of sp³-hybridized carbons (Fsp3) is 0.423. The number of amides is 1. The average Bonchev–Trinajstić information content (AvgIpc) is 2.90. The predicted molar refractivity (Wildman–Crippen MR) is 138 cm³/mol. The van der Waals surface area contributed by atoms with E-state index in [-0.39, 0.29) is 17.6 Å². The van der Waals surface area contributed by atoms with E-state index in [1.165, 1.54) is 24.3 Å². The van der Waals surface area contributed by atoms with Crippen LogP contribution in [0.2, 0.25) is 0 Å². The minimum atomic E-state index is -1.82. The molecule has 0 aliphatic heterocycles. The summed E-state index contributed by atoms with van der Waals surface area (Å²) in [6.07, 6.45) is 1.88. The zero-order chi connectivity index (χ0) is 28.0. The first-order chi connectivity index (χ1) is 17.5. The molecule has 1 amide bonds. The highest BCUT2D eigenvalue weighted by Gasteiger charge is 2.22. The van der Waals surface area contributed by atoms with Crippen LogP contribution in [0.4, 0.5) is 5.69 Å².